The Labute approximate surface area is 226 Å². The van der Waals surface area contributed by atoms with E-state index in [9.17, 15) is 9.90 Å². The molecule has 39 heavy (non-hydrogen) atoms. The first-order valence-electron chi connectivity index (χ1n) is 12.6. The van der Waals surface area contributed by atoms with E-state index in [1.165, 1.54) is 0 Å². The summed E-state index contributed by atoms with van der Waals surface area (Å²) in [4.78, 5) is 12.3. The summed E-state index contributed by atoms with van der Waals surface area (Å²) < 4.78 is 0. The van der Waals surface area contributed by atoms with E-state index in [1.54, 1.807) is 12.1 Å². The molecule has 0 spiro atoms. The molecule has 188 valence electrons. The smallest absolute Gasteiger partial charge is 0.336 e. The lowest BCUT2D eigenvalue weighted by molar-refractivity contribution is 0.0697. The van der Waals surface area contributed by atoms with E-state index in [4.69, 9.17) is 10.2 Å². The van der Waals surface area contributed by atoms with Crippen molar-refractivity contribution in [2.24, 2.45) is 20.7 Å². The summed E-state index contributed by atoms with van der Waals surface area (Å²) >= 11 is 0. The average Bonchev–Trinajstić information content (AvgIpc) is 3.50. The van der Waals surface area contributed by atoms with Crippen molar-refractivity contribution in [2.75, 3.05) is 0 Å². The van der Waals surface area contributed by atoms with Gasteiger partial charge in [0.25, 0.3) is 0 Å². The lowest BCUT2D eigenvalue weighted by Gasteiger charge is -2.45. The molecular weight excluding hydrogens is 484 g/mol. The van der Waals surface area contributed by atoms with Gasteiger partial charge in [-0.25, -0.2) is 4.79 Å². The second-order valence-corrected chi connectivity index (χ2v) is 9.30. The van der Waals surface area contributed by atoms with Crippen LogP contribution in [0.2, 0.25) is 0 Å². The first-order chi connectivity index (χ1) is 19.2. The fraction of sp³-hybridized carbons (Fsp3) is 0.0606. The summed E-state index contributed by atoms with van der Waals surface area (Å²) in [6, 6.07) is 45.0. The quantitative estimate of drug-likeness (QED) is 0.225. The van der Waals surface area contributed by atoms with Crippen molar-refractivity contribution in [1.29, 1.82) is 0 Å². The largest absolute Gasteiger partial charge is 0.478 e. The second-order valence-electron chi connectivity index (χ2n) is 9.30. The van der Waals surface area contributed by atoms with Crippen LogP contribution in [0.5, 0.6) is 0 Å². The minimum atomic E-state index is -1.39. The summed E-state index contributed by atoms with van der Waals surface area (Å²) in [5, 5.41) is 28.0. The SMILES string of the molecule is O=C(O)c1ccccc1-c1ccccc1C1(C(c2ccccc2)(c2ccccc2)c2ccccc2)N=NN=N1. The molecule has 0 amide bonds. The van der Waals surface area contributed by atoms with Gasteiger partial charge in [-0.1, -0.05) is 133 Å². The van der Waals surface area contributed by atoms with Gasteiger partial charge in [0.15, 0.2) is 0 Å². The highest BCUT2D eigenvalue weighted by atomic mass is 16.4. The molecule has 0 fully saturated rings. The third kappa shape index (κ3) is 3.77. The molecule has 0 aliphatic carbocycles. The number of hydrogen-bond acceptors (Lipinski definition) is 5. The number of hydrogen-bond donors (Lipinski definition) is 1. The number of rotatable bonds is 7. The Morgan fingerprint density at radius 2 is 0.949 bits per heavy atom. The van der Waals surface area contributed by atoms with E-state index in [0.29, 0.717) is 16.7 Å². The Morgan fingerprint density at radius 1 is 0.538 bits per heavy atom. The lowest BCUT2D eigenvalue weighted by Crippen LogP contribution is -2.48. The summed E-state index contributed by atoms with van der Waals surface area (Å²) in [7, 11) is 0. The van der Waals surface area contributed by atoms with Crippen molar-refractivity contribution >= 4 is 5.97 Å². The van der Waals surface area contributed by atoms with E-state index >= 15 is 0 Å². The average molecular weight is 509 g/mol. The summed E-state index contributed by atoms with van der Waals surface area (Å²) in [6.07, 6.45) is 0. The fourth-order valence-electron chi connectivity index (χ4n) is 5.74. The van der Waals surface area contributed by atoms with E-state index in [0.717, 1.165) is 16.7 Å². The molecule has 0 bridgehead atoms. The van der Waals surface area contributed by atoms with Crippen LogP contribution in [0.1, 0.15) is 32.6 Å². The zero-order valence-electron chi connectivity index (χ0n) is 20.9. The zero-order chi connectivity index (χ0) is 26.7. The van der Waals surface area contributed by atoms with Crippen LogP contribution in [0.4, 0.5) is 0 Å². The van der Waals surface area contributed by atoms with Crippen molar-refractivity contribution in [1.82, 2.24) is 0 Å². The predicted molar refractivity (Wildman–Crippen MR) is 149 cm³/mol. The molecule has 0 atom stereocenters. The fourth-order valence-corrected chi connectivity index (χ4v) is 5.74. The maximum Gasteiger partial charge on any atom is 0.336 e. The van der Waals surface area contributed by atoms with Gasteiger partial charge in [0.2, 0.25) is 5.66 Å². The van der Waals surface area contributed by atoms with Gasteiger partial charge in [0.1, 0.15) is 0 Å². The maximum absolute atomic E-state index is 12.3. The third-order valence-corrected chi connectivity index (χ3v) is 7.31. The number of aromatic carboxylic acids is 1. The number of nitrogens with zero attached hydrogens (tertiary/aromatic N) is 4. The lowest BCUT2D eigenvalue weighted by atomic mass is 9.59. The highest BCUT2D eigenvalue weighted by Gasteiger charge is 2.60. The molecule has 5 aromatic rings. The highest BCUT2D eigenvalue weighted by Crippen LogP contribution is 2.58. The summed E-state index contributed by atoms with van der Waals surface area (Å²) in [5.41, 5.74) is 2.60. The van der Waals surface area contributed by atoms with Crippen LogP contribution in [0.3, 0.4) is 0 Å². The molecule has 6 heteroatoms. The van der Waals surface area contributed by atoms with Crippen LogP contribution >= 0.6 is 0 Å². The first kappa shape index (κ1) is 24.1. The molecule has 6 rings (SSSR count). The van der Waals surface area contributed by atoms with Crippen molar-refractivity contribution in [2.45, 2.75) is 11.1 Å². The summed E-state index contributed by atoms with van der Waals surface area (Å²) in [5.74, 6) is -1.01. The van der Waals surface area contributed by atoms with Crippen molar-refractivity contribution < 1.29 is 9.90 Å². The van der Waals surface area contributed by atoms with Gasteiger partial charge in [-0.15, -0.1) is 10.2 Å². The van der Waals surface area contributed by atoms with E-state index in [1.807, 2.05) is 91.0 Å². The topological polar surface area (TPSA) is 86.7 Å². The molecule has 1 N–H and O–H groups in total. The molecule has 1 aliphatic rings. The molecule has 1 aliphatic heterocycles. The van der Waals surface area contributed by atoms with Gasteiger partial charge in [0.05, 0.1) is 11.0 Å². The van der Waals surface area contributed by atoms with Crippen molar-refractivity contribution in [3.8, 4) is 11.1 Å². The highest BCUT2D eigenvalue weighted by molar-refractivity contribution is 5.96. The maximum atomic E-state index is 12.3. The van der Waals surface area contributed by atoms with Crippen LogP contribution in [0.15, 0.2) is 160 Å². The summed E-state index contributed by atoms with van der Waals surface area (Å²) in [6.45, 7) is 0. The van der Waals surface area contributed by atoms with Gasteiger partial charge >= 0.3 is 5.97 Å². The Morgan fingerprint density at radius 3 is 1.44 bits per heavy atom. The van der Waals surface area contributed by atoms with Gasteiger partial charge in [-0.2, -0.15) is 0 Å². The van der Waals surface area contributed by atoms with E-state index in [2.05, 4.69) is 46.8 Å². The number of carboxylic acid groups (broad SMARTS) is 1. The second kappa shape index (κ2) is 9.91. The van der Waals surface area contributed by atoms with Crippen molar-refractivity contribution in [3.63, 3.8) is 0 Å². The van der Waals surface area contributed by atoms with Crippen LogP contribution in [0, 0.1) is 0 Å². The van der Waals surface area contributed by atoms with Crippen molar-refractivity contribution in [3.05, 3.63) is 167 Å². The van der Waals surface area contributed by atoms with Gasteiger partial charge in [0, 0.05) is 5.56 Å². The Hall–Kier alpha value is -5.23. The normalized spacial score (nSPS) is 13.8. The zero-order valence-corrected chi connectivity index (χ0v) is 20.9. The molecular formula is C33H24N4O2. The molecule has 6 nitrogen and oxygen atoms in total. The van der Waals surface area contributed by atoms with Gasteiger partial charge in [-0.3, -0.25) is 0 Å². The predicted octanol–water partition coefficient (Wildman–Crippen LogP) is 8.07. The van der Waals surface area contributed by atoms with Crippen LogP contribution < -0.4 is 0 Å². The Bertz CT molecular complexity index is 1570. The number of carboxylic acids is 1. The van der Waals surface area contributed by atoms with Crippen LogP contribution in [-0.4, -0.2) is 11.1 Å². The standard InChI is InChI=1S/C33H24N4O2/c38-31(39)29-22-11-10-20-27(29)28-21-12-13-23-30(28)33(34-36-37-35-33)32(24-14-4-1-5-15-24,25-16-6-2-7-17-25)26-18-8-3-9-19-26/h1-23H,(H,38,39). The molecule has 5 aromatic carbocycles. The Kier molecular flexibility index (Phi) is 6.13. The number of benzene rings is 5. The van der Waals surface area contributed by atoms with Crippen LogP contribution in [-0.2, 0) is 11.1 Å². The molecule has 0 saturated carbocycles. The minimum absolute atomic E-state index is 0.191. The minimum Gasteiger partial charge on any atom is -0.478 e. The first-order valence-corrected chi connectivity index (χ1v) is 12.6. The molecule has 0 radical (unpaired) electrons. The van der Waals surface area contributed by atoms with E-state index in [-0.39, 0.29) is 5.56 Å². The van der Waals surface area contributed by atoms with Gasteiger partial charge < -0.3 is 5.11 Å². The van der Waals surface area contributed by atoms with E-state index < -0.39 is 17.0 Å². The molecule has 1 heterocycles. The third-order valence-electron chi connectivity index (χ3n) is 7.31. The molecule has 0 aromatic heterocycles. The van der Waals surface area contributed by atoms with Gasteiger partial charge in [-0.05, 0) is 44.3 Å². The Balaban J connectivity index is 1.78. The van der Waals surface area contributed by atoms with Crippen LogP contribution in [0.25, 0.3) is 11.1 Å². The molecule has 0 unspecified atom stereocenters. The molecule has 0 saturated heterocycles. The monoisotopic (exact) mass is 508 g/mol. The number of carbonyl (C=O) groups is 1.